The normalized spacial score (nSPS) is 44.6. The maximum atomic E-state index is 11.9. The molecule has 0 saturated heterocycles. The van der Waals surface area contributed by atoms with Gasteiger partial charge in [-0.25, -0.2) is 0 Å². The molecular weight excluding hydrogens is 340 g/mol. The van der Waals surface area contributed by atoms with Crippen molar-refractivity contribution >= 4 is 11.8 Å². The Bertz CT molecular complexity index is 667. The molecule has 0 aliphatic heterocycles. The number of ether oxygens (including phenoxy) is 1. The second-order valence-corrected chi connectivity index (χ2v) is 10.1. The molecule has 4 aliphatic carbocycles. The number of carbonyl (C=O) groups is 2. The minimum absolute atomic E-state index is 0.128. The zero-order valence-corrected chi connectivity index (χ0v) is 17.0. The zero-order chi connectivity index (χ0) is 19.4. The third kappa shape index (κ3) is 2.99. The van der Waals surface area contributed by atoms with Crippen LogP contribution >= 0.6 is 0 Å². The Hall–Kier alpha value is -1.16. The summed E-state index contributed by atoms with van der Waals surface area (Å²) in [5, 5.41) is 10.7. The van der Waals surface area contributed by atoms with E-state index in [0.717, 1.165) is 25.7 Å². The van der Waals surface area contributed by atoms with Crippen molar-refractivity contribution < 1.29 is 19.4 Å². The highest BCUT2D eigenvalue weighted by Crippen LogP contribution is 2.66. The summed E-state index contributed by atoms with van der Waals surface area (Å²) in [6, 6.07) is 0. The van der Waals surface area contributed by atoms with Crippen molar-refractivity contribution in [3.63, 3.8) is 0 Å². The van der Waals surface area contributed by atoms with Crippen molar-refractivity contribution in [3.8, 4) is 0 Å². The molecule has 7 atom stereocenters. The molecule has 4 rings (SSSR count). The van der Waals surface area contributed by atoms with Gasteiger partial charge in [0.2, 0.25) is 0 Å². The van der Waals surface area contributed by atoms with Gasteiger partial charge in [-0.15, -0.1) is 0 Å². The summed E-state index contributed by atoms with van der Waals surface area (Å²) >= 11 is 0. The van der Waals surface area contributed by atoms with Crippen LogP contribution in [0.25, 0.3) is 0 Å². The van der Waals surface area contributed by atoms with Crippen molar-refractivity contribution in [2.75, 3.05) is 6.61 Å². The molecule has 1 unspecified atom stereocenters. The lowest BCUT2D eigenvalue weighted by atomic mass is 9.46. The van der Waals surface area contributed by atoms with Crippen LogP contribution in [0.5, 0.6) is 0 Å². The first-order chi connectivity index (χ1) is 12.8. The van der Waals surface area contributed by atoms with Gasteiger partial charge < -0.3 is 9.84 Å². The number of carbonyl (C=O) groups excluding carboxylic acids is 2. The van der Waals surface area contributed by atoms with Crippen LogP contribution in [0.1, 0.15) is 72.1 Å². The van der Waals surface area contributed by atoms with Gasteiger partial charge in [0.05, 0.1) is 6.10 Å². The van der Waals surface area contributed by atoms with Gasteiger partial charge in [-0.05, 0) is 85.5 Å². The quantitative estimate of drug-likeness (QED) is 0.757. The highest BCUT2D eigenvalue weighted by Gasteiger charge is 2.59. The highest BCUT2D eigenvalue weighted by atomic mass is 16.5. The Labute approximate surface area is 162 Å². The third-order valence-electron chi connectivity index (χ3n) is 8.96. The lowest BCUT2D eigenvalue weighted by molar-refractivity contribution is -0.147. The Morgan fingerprint density at radius 2 is 1.96 bits per heavy atom. The largest absolute Gasteiger partial charge is 0.463 e. The Kier molecular flexibility index (Phi) is 4.77. The number of hydrogen-bond acceptors (Lipinski definition) is 4. The number of ketones is 1. The predicted octanol–water partition coefficient (Wildman–Crippen LogP) is 4.06. The predicted molar refractivity (Wildman–Crippen MR) is 103 cm³/mol. The first-order valence-electron chi connectivity index (χ1n) is 10.8. The number of hydrogen-bond donors (Lipinski definition) is 1. The Morgan fingerprint density at radius 3 is 2.70 bits per heavy atom. The van der Waals surface area contributed by atoms with Crippen molar-refractivity contribution in [1.82, 2.24) is 0 Å². The summed E-state index contributed by atoms with van der Waals surface area (Å²) in [6.07, 6.45) is 9.92. The summed E-state index contributed by atoms with van der Waals surface area (Å²) in [4.78, 5) is 23.1. The van der Waals surface area contributed by atoms with E-state index in [1.807, 2.05) is 6.08 Å². The Morgan fingerprint density at radius 1 is 1.19 bits per heavy atom. The monoisotopic (exact) mass is 374 g/mol. The Balaban J connectivity index is 1.55. The van der Waals surface area contributed by atoms with Crippen molar-refractivity contribution in [3.05, 3.63) is 11.6 Å². The molecular formula is C23H34O4. The van der Waals surface area contributed by atoms with Crippen LogP contribution in [0, 0.1) is 34.5 Å². The van der Waals surface area contributed by atoms with E-state index in [9.17, 15) is 14.7 Å². The van der Waals surface area contributed by atoms with E-state index in [1.165, 1.54) is 31.8 Å². The SMILES string of the molecule is CC(=O)OCC(O)[C@H]1CC[C@H]2[C@@H]3CCC4=CC(=O)CC[C@]4(C)[C@H]3CC[C@]12C. The van der Waals surface area contributed by atoms with E-state index in [1.54, 1.807) is 0 Å². The molecule has 150 valence electrons. The summed E-state index contributed by atoms with van der Waals surface area (Å²) in [5.41, 5.74) is 1.75. The van der Waals surface area contributed by atoms with Crippen LogP contribution in [-0.4, -0.2) is 29.6 Å². The van der Waals surface area contributed by atoms with E-state index < -0.39 is 6.10 Å². The van der Waals surface area contributed by atoms with Crippen LogP contribution in [0.15, 0.2) is 11.6 Å². The first kappa shape index (κ1) is 19.2. The van der Waals surface area contributed by atoms with Gasteiger partial charge in [0.25, 0.3) is 0 Å². The van der Waals surface area contributed by atoms with Gasteiger partial charge in [0.15, 0.2) is 5.78 Å². The highest BCUT2D eigenvalue weighted by molar-refractivity contribution is 5.91. The van der Waals surface area contributed by atoms with Gasteiger partial charge >= 0.3 is 5.97 Å². The average molecular weight is 375 g/mol. The second-order valence-electron chi connectivity index (χ2n) is 10.1. The van der Waals surface area contributed by atoms with Crippen LogP contribution in [-0.2, 0) is 14.3 Å². The molecule has 0 aromatic heterocycles. The van der Waals surface area contributed by atoms with E-state index >= 15 is 0 Å². The third-order valence-corrected chi connectivity index (χ3v) is 8.96. The van der Waals surface area contributed by atoms with E-state index in [2.05, 4.69) is 13.8 Å². The van der Waals surface area contributed by atoms with Crippen LogP contribution in [0.4, 0.5) is 0 Å². The number of rotatable bonds is 3. The van der Waals surface area contributed by atoms with E-state index in [4.69, 9.17) is 4.74 Å². The fourth-order valence-electron chi connectivity index (χ4n) is 7.55. The van der Waals surface area contributed by atoms with Gasteiger partial charge in [-0.2, -0.15) is 0 Å². The smallest absolute Gasteiger partial charge is 0.302 e. The molecule has 27 heavy (non-hydrogen) atoms. The van der Waals surface area contributed by atoms with Crippen LogP contribution in [0.2, 0.25) is 0 Å². The fraction of sp³-hybridized carbons (Fsp3) is 0.826. The minimum atomic E-state index is -0.553. The topological polar surface area (TPSA) is 63.6 Å². The maximum absolute atomic E-state index is 11.9. The standard InChI is InChI=1S/C23H34O4/c1-14(24)27-13-21(26)20-7-6-18-17-5-4-15-12-16(25)8-10-22(15,2)19(17)9-11-23(18,20)3/h12,17-21,26H,4-11,13H2,1-3H3/t17-,18-,19-,20+,21?,22-,23-/m0/s1. The molecule has 0 radical (unpaired) electrons. The second kappa shape index (κ2) is 6.72. The molecule has 0 aromatic carbocycles. The van der Waals surface area contributed by atoms with Crippen LogP contribution in [0.3, 0.4) is 0 Å². The first-order valence-corrected chi connectivity index (χ1v) is 10.8. The summed E-state index contributed by atoms with van der Waals surface area (Å²) in [5.74, 6) is 2.24. The summed E-state index contributed by atoms with van der Waals surface area (Å²) in [7, 11) is 0. The molecule has 0 amide bonds. The molecule has 3 saturated carbocycles. The van der Waals surface area contributed by atoms with Gasteiger partial charge in [-0.1, -0.05) is 19.4 Å². The molecule has 3 fully saturated rings. The number of fused-ring (bicyclic) bond motifs is 5. The van der Waals surface area contributed by atoms with Crippen LogP contribution < -0.4 is 0 Å². The number of aliphatic hydroxyl groups excluding tert-OH is 1. The molecule has 4 nitrogen and oxygen atoms in total. The molecule has 0 spiro atoms. The van der Waals surface area contributed by atoms with Gasteiger partial charge in [0, 0.05) is 13.3 Å². The fourth-order valence-corrected chi connectivity index (χ4v) is 7.55. The number of esters is 1. The number of aliphatic hydroxyl groups is 1. The lowest BCUT2D eigenvalue weighted by Gasteiger charge is -2.58. The van der Waals surface area contributed by atoms with Gasteiger partial charge in [0.1, 0.15) is 6.61 Å². The molecule has 1 N–H and O–H groups in total. The van der Waals surface area contributed by atoms with Crippen molar-refractivity contribution in [1.29, 1.82) is 0 Å². The average Bonchev–Trinajstić information content (AvgIpc) is 2.97. The molecule has 0 aromatic rings. The van der Waals surface area contributed by atoms with Crippen molar-refractivity contribution in [2.24, 2.45) is 34.5 Å². The van der Waals surface area contributed by atoms with Crippen molar-refractivity contribution in [2.45, 2.75) is 78.2 Å². The minimum Gasteiger partial charge on any atom is -0.463 e. The number of allylic oxidation sites excluding steroid dienone is 1. The molecule has 4 heteroatoms. The molecule has 0 heterocycles. The van der Waals surface area contributed by atoms with E-state index in [-0.39, 0.29) is 29.3 Å². The van der Waals surface area contributed by atoms with Gasteiger partial charge in [-0.3, -0.25) is 9.59 Å². The summed E-state index contributed by atoms with van der Waals surface area (Å²) < 4.78 is 5.12. The molecule has 0 bridgehead atoms. The van der Waals surface area contributed by atoms with E-state index in [0.29, 0.717) is 30.0 Å². The molecule has 4 aliphatic rings. The maximum Gasteiger partial charge on any atom is 0.302 e. The summed E-state index contributed by atoms with van der Waals surface area (Å²) in [6.45, 7) is 6.32. The lowest BCUT2D eigenvalue weighted by Crippen LogP contribution is -2.51. The zero-order valence-electron chi connectivity index (χ0n) is 17.0.